The molecule has 20 heavy (non-hydrogen) atoms. The zero-order chi connectivity index (χ0) is 14.7. The highest BCUT2D eigenvalue weighted by Crippen LogP contribution is 2.28. The first-order chi connectivity index (χ1) is 9.56. The van der Waals surface area contributed by atoms with Crippen LogP contribution < -0.4 is 15.4 Å². The van der Waals surface area contributed by atoms with Gasteiger partial charge in [-0.2, -0.15) is 0 Å². The largest absolute Gasteiger partial charge is 0.497 e. The molecule has 0 aliphatic carbocycles. The molecule has 0 unspecified atom stereocenters. The number of benzene rings is 1. The average molecular weight is 292 g/mol. The smallest absolute Gasteiger partial charge is 0.337 e. The molecule has 0 fully saturated rings. The number of rotatable bonds is 3. The fraction of sp³-hybridized carbons (Fsp3) is 0.286. The van der Waals surface area contributed by atoms with E-state index in [4.69, 9.17) is 21.7 Å². The third kappa shape index (κ3) is 2.75. The molecule has 106 valence electrons. The number of carbonyl (C=O) groups is 1. The molecule has 0 radical (unpaired) electrons. The van der Waals surface area contributed by atoms with Crippen molar-refractivity contribution in [3.05, 3.63) is 41.1 Å². The number of nitrogens with one attached hydrogen (secondary N) is 2. The van der Waals surface area contributed by atoms with Gasteiger partial charge in [0.1, 0.15) is 5.75 Å². The third-order valence-corrected chi connectivity index (χ3v) is 3.34. The first kappa shape index (κ1) is 14.3. The number of ether oxygens (including phenoxy) is 2. The number of methoxy groups -OCH3 is 2. The maximum Gasteiger partial charge on any atom is 0.337 e. The Morgan fingerprint density at radius 1 is 1.25 bits per heavy atom. The van der Waals surface area contributed by atoms with Gasteiger partial charge in [-0.3, -0.25) is 0 Å². The number of hydrogen-bond acceptors (Lipinski definition) is 4. The lowest BCUT2D eigenvalue weighted by Crippen LogP contribution is -2.45. The lowest BCUT2D eigenvalue weighted by atomic mass is 9.95. The Kier molecular flexibility index (Phi) is 4.24. The molecule has 1 aliphatic heterocycles. The second-order valence-electron chi connectivity index (χ2n) is 4.33. The Balaban J connectivity index is 2.42. The standard InChI is InChI=1S/C14H16N2O3S/c1-8-11(13(17)19-3)12(16-14(20)15-8)9-4-6-10(18-2)7-5-9/h4-7,12H,1-3H3,(H2,15,16,20)/t12-/m1/s1. The Hall–Kier alpha value is -2.08. The van der Waals surface area contributed by atoms with E-state index in [0.29, 0.717) is 16.4 Å². The van der Waals surface area contributed by atoms with E-state index >= 15 is 0 Å². The quantitative estimate of drug-likeness (QED) is 0.653. The van der Waals surface area contributed by atoms with E-state index in [1.54, 1.807) is 14.0 Å². The summed E-state index contributed by atoms with van der Waals surface area (Å²) < 4.78 is 9.98. The predicted octanol–water partition coefficient (Wildman–Crippen LogP) is 1.66. The molecule has 0 aromatic heterocycles. The summed E-state index contributed by atoms with van der Waals surface area (Å²) in [6.45, 7) is 1.80. The predicted molar refractivity (Wildman–Crippen MR) is 79.3 cm³/mol. The van der Waals surface area contributed by atoms with E-state index in [0.717, 1.165) is 11.3 Å². The summed E-state index contributed by atoms with van der Waals surface area (Å²) in [6.07, 6.45) is 0. The maximum atomic E-state index is 12.0. The fourth-order valence-corrected chi connectivity index (χ4v) is 2.39. The van der Waals surface area contributed by atoms with Gasteiger partial charge in [0, 0.05) is 5.70 Å². The van der Waals surface area contributed by atoms with Gasteiger partial charge in [0.25, 0.3) is 0 Å². The normalized spacial score (nSPS) is 18.1. The molecule has 5 nitrogen and oxygen atoms in total. The summed E-state index contributed by atoms with van der Waals surface area (Å²) in [7, 11) is 2.97. The van der Waals surface area contributed by atoms with Crippen molar-refractivity contribution in [1.29, 1.82) is 0 Å². The summed E-state index contributed by atoms with van der Waals surface area (Å²) in [6, 6.07) is 7.13. The molecule has 1 heterocycles. The molecule has 0 amide bonds. The van der Waals surface area contributed by atoms with Gasteiger partial charge in [0.05, 0.1) is 25.8 Å². The SMILES string of the molecule is COC(=O)C1=C(C)NC(=S)N[C@@H]1c1ccc(OC)cc1. The van der Waals surface area contributed by atoms with Crippen LogP contribution in [0.25, 0.3) is 0 Å². The van der Waals surface area contributed by atoms with Crippen molar-refractivity contribution >= 4 is 23.3 Å². The molecule has 1 aromatic rings. The van der Waals surface area contributed by atoms with Crippen LogP contribution in [0.3, 0.4) is 0 Å². The van der Waals surface area contributed by atoms with Crippen LogP contribution in [0.2, 0.25) is 0 Å². The highest BCUT2D eigenvalue weighted by Gasteiger charge is 2.30. The molecule has 0 saturated carbocycles. The van der Waals surface area contributed by atoms with Crippen molar-refractivity contribution in [3.8, 4) is 5.75 Å². The Morgan fingerprint density at radius 2 is 1.90 bits per heavy atom. The monoisotopic (exact) mass is 292 g/mol. The maximum absolute atomic E-state index is 12.0. The molecule has 1 atom stereocenters. The number of thiocarbonyl (C=S) groups is 1. The molecular weight excluding hydrogens is 276 g/mol. The fourth-order valence-electron chi connectivity index (χ4n) is 2.12. The molecule has 1 aromatic carbocycles. The van der Waals surface area contributed by atoms with Gasteiger partial charge in [0.15, 0.2) is 5.11 Å². The summed E-state index contributed by atoms with van der Waals surface area (Å²) in [5.41, 5.74) is 2.13. The minimum atomic E-state index is -0.384. The topological polar surface area (TPSA) is 59.6 Å². The zero-order valence-corrected chi connectivity index (χ0v) is 12.3. The number of allylic oxidation sites excluding steroid dienone is 1. The van der Waals surface area contributed by atoms with E-state index in [2.05, 4.69) is 10.6 Å². The van der Waals surface area contributed by atoms with E-state index < -0.39 is 0 Å². The van der Waals surface area contributed by atoms with Crippen LogP contribution in [-0.2, 0) is 9.53 Å². The van der Waals surface area contributed by atoms with Gasteiger partial charge in [-0.25, -0.2) is 4.79 Å². The number of esters is 1. The van der Waals surface area contributed by atoms with Gasteiger partial charge >= 0.3 is 5.97 Å². The zero-order valence-electron chi connectivity index (χ0n) is 11.5. The van der Waals surface area contributed by atoms with Crippen LogP contribution in [0.1, 0.15) is 18.5 Å². The van der Waals surface area contributed by atoms with Gasteiger partial charge in [-0.1, -0.05) is 12.1 Å². The van der Waals surface area contributed by atoms with Crippen LogP contribution in [0.4, 0.5) is 0 Å². The summed E-state index contributed by atoms with van der Waals surface area (Å²) >= 11 is 5.15. The third-order valence-electron chi connectivity index (χ3n) is 3.12. The van der Waals surface area contributed by atoms with Crippen molar-refractivity contribution in [2.45, 2.75) is 13.0 Å². The second-order valence-corrected chi connectivity index (χ2v) is 4.74. The van der Waals surface area contributed by atoms with Crippen molar-refractivity contribution in [3.63, 3.8) is 0 Å². The lowest BCUT2D eigenvalue weighted by Gasteiger charge is -2.29. The molecule has 6 heteroatoms. The Labute approximate surface area is 123 Å². The van der Waals surface area contributed by atoms with Gasteiger partial charge in [-0.15, -0.1) is 0 Å². The van der Waals surface area contributed by atoms with Crippen molar-refractivity contribution in [1.82, 2.24) is 10.6 Å². The molecule has 0 saturated heterocycles. The van der Waals surface area contributed by atoms with Crippen molar-refractivity contribution in [2.24, 2.45) is 0 Å². The summed E-state index contributed by atoms with van der Waals surface area (Å²) in [4.78, 5) is 12.0. The lowest BCUT2D eigenvalue weighted by molar-refractivity contribution is -0.136. The molecule has 2 rings (SSSR count). The van der Waals surface area contributed by atoms with E-state index in [-0.39, 0.29) is 12.0 Å². The summed E-state index contributed by atoms with van der Waals surface area (Å²) in [5, 5.41) is 6.51. The number of carbonyl (C=O) groups excluding carboxylic acids is 1. The van der Waals surface area contributed by atoms with Crippen LogP contribution in [0.15, 0.2) is 35.5 Å². The van der Waals surface area contributed by atoms with E-state index in [1.165, 1.54) is 7.11 Å². The molecule has 0 spiro atoms. The minimum Gasteiger partial charge on any atom is -0.497 e. The van der Waals surface area contributed by atoms with Gasteiger partial charge in [0.2, 0.25) is 0 Å². The Bertz CT molecular complexity index is 566. The van der Waals surface area contributed by atoms with Gasteiger partial charge in [-0.05, 0) is 36.8 Å². The molecule has 2 N–H and O–H groups in total. The second kappa shape index (κ2) is 5.92. The first-order valence-corrected chi connectivity index (χ1v) is 6.48. The average Bonchev–Trinajstić information content (AvgIpc) is 2.46. The minimum absolute atomic E-state index is 0.331. The highest BCUT2D eigenvalue weighted by molar-refractivity contribution is 7.80. The van der Waals surface area contributed by atoms with Crippen LogP contribution in [0, 0.1) is 0 Å². The van der Waals surface area contributed by atoms with Crippen LogP contribution >= 0.6 is 12.2 Å². The van der Waals surface area contributed by atoms with Crippen LogP contribution in [0.5, 0.6) is 5.75 Å². The molecular formula is C14H16N2O3S. The van der Waals surface area contributed by atoms with Crippen LogP contribution in [-0.4, -0.2) is 25.3 Å². The Morgan fingerprint density at radius 3 is 2.45 bits per heavy atom. The van der Waals surface area contributed by atoms with Gasteiger partial charge < -0.3 is 20.1 Å². The number of hydrogen-bond donors (Lipinski definition) is 2. The first-order valence-electron chi connectivity index (χ1n) is 6.07. The van der Waals surface area contributed by atoms with E-state index in [9.17, 15) is 4.79 Å². The highest BCUT2D eigenvalue weighted by atomic mass is 32.1. The van der Waals surface area contributed by atoms with Crippen molar-refractivity contribution in [2.75, 3.05) is 14.2 Å². The summed E-state index contributed by atoms with van der Waals surface area (Å²) in [5.74, 6) is 0.372. The van der Waals surface area contributed by atoms with Crippen molar-refractivity contribution < 1.29 is 14.3 Å². The molecule has 1 aliphatic rings. The molecule has 0 bridgehead atoms. The van der Waals surface area contributed by atoms with E-state index in [1.807, 2.05) is 24.3 Å².